The third-order valence-electron chi connectivity index (χ3n) is 4.02. The van der Waals surface area contributed by atoms with E-state index in [0.29, 0.717) is 22.9 Å². The normalized spacial score (nSPS) is 11.3. The van der Waals surface area contributed by atoms with Gasteiger partial charge >= 0.3 is 5.97 Å². The summed E-state index contributed by atoms with van der Waals surface area (Å²) < 4.78 is 10.5. The van der Waals surface area contributed by atoms with Crippen LogP contribution < -0.4 is 9.47 Å². The number of methoxy groups -OCH3 is 1. The van der Waals surface area contributed by atoms with Crippen LogP contribution in [0.15, 0.2) is 36.4 Å². The minimum atomic E-state index is -0.341. The second-order valence-corrected chi connectivity index (χ2v) is 6.01. The Labute approximate surface area is 157 Å². The molecule has 0 saturated heterocycles. The first-order valence-electron chi connectivity index (χ1n) is 8.51. The molecule has 0 amide bonds. The minimum absolute atomic E-state index is 0.273. The number of nitrogens with one attached hydrogen (secondary N) is 1. The number of rotatable bonds is 5. The van der Waals surface area contributed by atoms with Crippen molar-refractivity contribution in [2.45, 2.75) is 20.3 Å². The largest absolute Gasteiger partial charge is 0.493 e. The third kappa shape index (κ3) is 3.98. The maximum Gasteiger partial charge on any atom is 0.311 e. The molecule has 136 valence electrons. The smallest absolute Gasteiger partial charge is 0.311 e. The lowest BCUT2D eigenvalue weighted by molar-refractivity contribution is -0.134. The van der Waals surface area contributed by atoms with E-state index in [1.807, 2.05) is 25.1 Å². The maximum atomic E-state index is 11.5. The molecule has 0 atom stereocenters. The van der Waals surface area contributed by atoms with Crippen LogP contribution in [0.1, 0.15) is 30.3 Å². The summed E-state index contributed by atoms with van der Waals surface area (Å²) in [5, 5.41) is 9.57. The van der Waals surface area contributed by atoms with E-state index in [0.717, 1.165) is 22.2 Å². The van der Waals surface area contributed by atoms with Gasteiger partial charge in [-0.05, 0) is 48.4 Å². The van der Waals surface area contributed by atoms with Crippen molar-refractivity contribution in [3.05, 3.63) is 53.3 Å². The molecule has 1 heterocycles. The zero-order valence-electron chi connectivity index (χ0n) is 15.4. The number of benzene rings is 2. The van der Waals surface area contributed by atoms with Crippen LogP contribution >= 0.6 is 0 Å². The highest BCUT2D eigenvalue weighted by atomic mass is 16.6. The van der Waals surface area contributed by atoms with Crippen molar-refractivity contribution in [3.63, 3.8) is 0 Å². The van der Waals surface area contributed by atoms with Gasteiger partial charge in [-0.1, -0.05) is 19.1 Å². The van der Waals surface area contributed by atoms with Gasteiger partial charge in [0.15, 0.2) is 11.5 Å². The van der Waals surface area contributed by atoms with Crippen LogP contribution in [0.25, 0.3) is 22.7 Å². The standard InChI is InChI=1S/C21H19N3O3/c1-4-20(25)27-18-8-6-14(11-19(18)26-3)10-15(12-22)21-23-16-7-5-13(2)9-17(16)24-21/h5-11H,4H2,1-3H3,(H,23,24)/b15-10+. The Kier molecular flexibility index (Phi) is 5.23. The van der Waals surface area contributed by atoms with Crippen LogP contribution in [0.5, 0.6) is 11.5 Å². The molecule has 6 heteroatoms. The third-order valence-corrected chi connectivity index (χ3v) is 4.02. The molecule has 2 aromatic carbocycles. The second-order valence-electron chi connectivity index (χ2n) is 6.01. The molecule has 0 fully saturated rings. The average molecular weight is 361 g/mol. The van der Waals surface area contributed by atoms with Gasteiger partial charge in [0, 0.05) is 6.42 Å². The quantitative estimate of drug-likeness (QED) is 0.417. The van der Waals surface area contributed by atoms with E-state index in [1.54, 1.807) is 31.2 Å². The van der Waals surface area contributed by atoms with Crippen LogP contribution in [-0.2, 0) is 4.79 Å². The number of aromatic nitrogens is 2. The predicted octanol–water partition coefficient (Wildman–Crippen LogP) is 4.26. The molecule has 0 spiro atoms. The van der Waals surface area contributed by atoms with Crippen molar-refractivity contribution < 1.29 is 14.3 Å². The van der Waals surface area contributed by atoms with Gasteiger partial charge in [-0.2, -0.15) is 5.26 Å². The number of ether oxygens (including phenoxy) is 2. The Hall–Kier alpha value is -3.59. The summed E-state index contributed by atoms with van der Waals surface area (Å²) in [6.07, 6.45) is 1.98. The van der Waals surface area contributed by atoms with E-state index >= 15 is 0 Å². The topological polar surface area (TPSA) is 88.0 Å². The molecule has 0 bridgehead atoms. The van der Waals surface area contributed by atoms with Crippen molar-refractivity contribution in [2.75, 3.05) is 7.11 Å². The number of carbonyl (C=O) groups is 1. The van der Waals surface area contributed by atoms with Crippen molar-refractivity contribution in [1.29, 1.82) is 5.26 Å². The highest BCUT2D eigenvalue weighted by Gasteiger charge is 2.11. The number of allylic oxidation sites excluding steroid dienone is 1. The zero-order valence-corrected chi connectivity index (χ0v) is 15.4. The molecule has 1 N–H and O–H groups in total. The number of imidazole rings is 1. The highest BCUT2D eigenvalue weighted by molar-refractivity contribution is 5.90. The Balaban J connectivity index is 1.97. The number of nitriles is 1. The number of nitrogens with zero attached hydrogens (tertiary/aromatic N) is 2. The van der Waals surface area contributed by atoms with Gasteiger partial charge in [0.1, 0.15) is 11.9 Å². The van der Waals surface area contributed by atoms with Gasteiger partial charge in [0.25, 0.3) is 0 Å². The number of esters is 1. The van der Waals surface area contributed by atoms with Crippen molar-refractivity contribution in [2.24, 2.45) is 0 Å². The highest BCUT2D eigenvalue weighted by Crippen LogP contribution is 2.30. The molecular formula is C21H19N3O3. The fourth-order valence-corrected chi connectivity index (χ4v) is 2.62. The monoisotopic (exact) mass is 361 g/mol. The lowest BCUT2D eigenvalue weighted by atomic mass is 10.1. The summed E-state index contributed by atoms with van der Waals surface area (Å²) >= 11 is 0. The van der Waals surface area contributed by atoms with E-state index in [2.05, 4.69) is 16.0 Å². The molecule has 6 nitrogen and oxygen atoms in total. The lowest BCUT2D eigenvalue weighted by Crippen LogP contribution is -2.06. The van der Waals surface area contributed by atoms with Gasteiger partial charge < -0.3 is 14.5 Å². The molecule has 3 rings (SSSR count). The number of H-pyrrole nitrogens is 1. The fraction of sp³-hybridized carbons (Fsp3) is 0.190. The number of carbonyl (C=O) groups excluding carboxylic acids is 1. The van der Waals surface area contributed by atoms with E-state index in [-0.39, 0.29) is 12.4 Å². The summed E-state index contributed by atoms with van der Waals surface area (Å²) in [6, 6.07) is 13.2. The maximum absolute atomic E-state index is 11.5. The Morgan fingerprint density at radius 2 is 2.07 bits per heavy atom. The summed E-state index contributed by atoms with van der Waals surface area (Å²) in [6.45, 7) is 3.72. The Morgan fingerprint density at radius 3 is 2.78 bits per heavy atom. The molecule has 0 unspecified atom stereocenters. The van der Waals surface area contributed by atoms with E-state index in [1.165, 1.54) is 7.11 Å². The molecule has 3 aromatic rings. The van der Waals surface area contributed by atoms with Gasteiger partial charge in [0.05, 0.1) is 23.7 Å². The molecule has 1 aromatic heterocycles. The van der Waals surface area contributed by atoms with Crippen molar-refractivity contribution in [3.8, 4) is 17.6 Å². The lowest BCUT2D eigenvalue weighted by Gasteiger charge is -2.09. The van der Waals surface area contributed by atoms with Crippen LogP contribution in [-0.4, -0.2) is 23.0 Å². The Morgan fingerprint density at radius 1 is 1.26 bits per heavy atom. The van der Waals surface area contributed by atoms with Crippen LogP contribution in [0.3, 0.4) is 0 Å². The zero-order chi connectivity index (χ0) is 19.4. The van der Waals surface area contributed by atoms with E-state index in [9.17, 15) is 10.1 Å². The SMILES string of the molecule is CCC(=O)Oc1ccc(/C=C(\C#N)c2nc3ccc(C)cc3[nH]2)cc1OC. The summed E-state index contributed by atoms with van der Waals surface area (Å²) in [5.41, 5.74) is 3.92. The fourth-order valence-electron chi connectivity index (χ4n) is 2.62. The van der Waals surface area contributed by atoms with Crippen molar-refractivity contribution in [1.82, 2.24) is 9.97 Å². The van der Waals surface area contributed by atoms with Crippen LogP contribution in [0.2, 0.25) is 0 Å². The molecule has 0 radical (unpaired) electrons. The first kappa shape index (κ1) is 18.2. The molecule has 0 saturated carbocycles. The van der Waals surface area contributed by atoms with Gasteiger partial charge in [-0.3, -0.25) is 4.79 Å². The number of fused-ring (bicyclic) bond motifs is 1. The van der Waals surface area contributed by atoms with Crippen LogP contribution in [0, 0.1) is 18.3 Å². The first-order chi connectivity index (χ1) is 13.0. The van der Waals surface area contributed by atoms with Gasteiger partial charge in [-0.25, -0.2) is 4.98 Å². The molecule has 27 heavy (non-hydrogen) atoms. The Bertz CT molecular complexity index is 1070. The molecular weight excluding hydrogens is 342 g/mol. The number of hydrogen-bond donors (Lipinski definition) is 1. The number of aryl methyl sites for hydroxylation is 1. The molecule has 0 aliphatic heterocycles. The summed E-state index contributed by atoms with van der Waals surface area (Å²) in [5.74, 6) is 0.924. The molecule has 0 aliphatic carbocycles. The van der Waals surface area contributed by atoms with E-state index in [4.69, 9.17) is 9.47 Å². The van der Waals surface area contributed by atoms with Crippen LogP contribution in [0.4, 0.5) is 0 Å². The number of aromatic amines is 1. The summed E-state index contributed by atoms with van der Waals surface area (Å²) in [4.78, 5) is 19.2. The van der Waals surface area contributed by atoms with Crippen molar-refractivity contribution >= 4 is 28.7 Å². The van der Waals surface area contributed by atoms with Gasteiger partial charge in [-0.15, -0.1) is 0 Å². The minimum Gasteiger partial charge on any atom is -0.493 e. The predicted molar refractivity (Wildman–Crippen MR) is 103 cm³/mol. The van der Waals surface area contributed by atoms with Gasteiger partial charge in [0.2, 0.25) is 0 Å². The number of hydrogen-bond acceptors (Lipinski definition) is 5. The summed E-state index contributed by atoms with van der Waals surface area (Å²) in [7, 11) is 1.50. The van der Waals surface area contributed by atoms with E-state index < -0.39 is 0 Å². The average Bonchev–Trinajstić information content (AvgIpc) is 3.09. The molecule has 0 aliphatic rings. The first-order valence-corrected chi connectivity index (χ1v) is 8.51. The second kappa shape index (κ2) is 7.75.